The molecule has 3 heteroatoms. The van der Waals surface area contributed by atoms with Crippen LogP contribution in [0, 0.1) is 7.11 Å². The molecule has 0 atom stereocenters. The number of amides is 1. The molecule has 0 spiro atoms. The Morgan fingerprint density at radius 2 is 1.93 bits per heavy atom. The van der Waals surface area contributed by atoms with Crippen molar-refractivity contribution in [1.29, 1.82) is 0 Å². The number of carbonyl (C=O) groups is 1. The standard InChI is InChI=1S/C11H14NO2/c1-8(2)9-4-6-10(7-5-9)12-11(13)14-3/h4-8H,3H2,1-2H3,(H,12,13). The maximum absolute atomic E-state index is 10.8. The van der Waals surface area contributed by atoms with Crippen molar-refractivity contribution in [2.45, 2.75) is 19.8 Å². The van der Waals surface area contributed by atoms with Gasteiger partial charge in [-0.3, -0.25) is 5.32 Å². The molecule has 0 saturated heterocycles. The summed E-state index contributed by atoms with van der Waals surface area (Å²) in [6.07, 6.45) is -0.553. The van der Waals surface area contributed by atoms with E-state index in [4.69, 9.17) is 0 Å². The molecule has 3 nitrogen and oxygen atoms in total. The molecule has 0 aliphatic carbocycles. The summed E-state index contributed by atoms with van der Waals surface area (Å²) < 4.78 is 4.23. The maximum Gasteiger partial charge on any atom is 0.411 e. The molecule has 1 amide bonds. The summed E-state index contributed by atoms with van der Waals surface area (Å²) in [5, 5.41) is 2.53. The van der Waals surface area contributed by atoms with Gasteiger partial charge in [-0.15, -0.1) is 0 Å². The smallest absolute Gasteiger partial charge is 0.411 e. The first-order valence-electron chi connectivity index (χ1n) is 4.46. The molecular formula is C11H14NO2. The third-order valence-electron chi connectivity index (χ3n) is 1.95. The van der Waals surface area contributed by atoms with Gasteiger partial charge in [-0.2, -0.15) is 0 Å². The number of rotatable bonds is 2. The first kappa shape index (κ1) is 10.6. The van der Waals surface area contributed by atoms with Crippen molar-refractivity contribution in [3.05, 3.63) is 36.9 Å². The lowest BCUT2D eigenvalue weighted by atomic mass is 10.0. The van der Waals surface area contributed by atoms with Gasteiger partial charge in [0, 0.05) is 5.69 Å². The van der Waals surface area contributed by atoms with E-state index in [-0.39, 0.29) is 0 Å². The van der Waals surface area contributed by atoms with Gasteiger partial charge < -0.3 is 4.74 Å². The summed E-state index contributed by atoms with van der Waals surface area (Å²) in [4.78, 5) is 10.8. The third kappa shape index (κ3) is 2.76. The predicted octanol–water partition coefficient (Wildman–Crippen LogP) is 3.15. The van der Waals surface area contributed by atoms with Gasteiger partial charge in [0.1, 0.15) is 7.11 Å². The van der Waals surface area contributed by atoms with Gasteiger partial charge in [0.15, 0.2) is 0 Å². The first-order valence-corrected chi connectivity index (χ1v) is 4.46. The van der Waals surface area contributed by atoms with Crippen molar-refractivity contribution >= 4 is 11.8 Å². The Bertz CT molecular complexity index is 304. The summed E-state index contributed by atoms with van der Waals surface area (Å²) in [6, 6.07) is 7.63. The Kier molecular flexibility index (Phi) is 3.51. The summed E-state index contributed by atoms with van der Waals surface area (Å²) in [5.74, 6) is 0.490. The van der Waals surface area contributed by atoms with E-state index in [1.807, 2.05) is 24.3 Å². The summed E-state index contributed by atoms with van der Waals surface area (Å²) >= 11 is 0. The minimum atomic E-state index is -0.553. The Hall–Kier alpha value is -1.51. The highest BCUT2D eigenvalue weighted by Gasteiger charge is 2.01. The summed E-state index contributed by atoms with van der Waals surface area (Å²) in [6.45, 7) is 4.24. The van der Waals surface area contributed by atoms with Crippen LogP contribution in [0.2, 0.25) is 0 Å². The van der Waals surface area contributed by atoms with Crippen LogP contribution in [-0.2, 0) is 4.74 Å². The fraction of sp³-hybridized carbons (Fsp3) is 0.273. The average molecular weight is 192 g/mol. The van der Waals surface area contributed by atoms with E-state index in [9.17, 15) is 4.79 Å². The van der Waals surface area contributed by atoms with Crippen LogP contribution in [0.25, 0.3) is 0 Å². The van der Waals surface area contributed by atoms with Crippen molar-refractivity contribution in [3.8, 4) is 0 Å². The minimum absolute atomic E-state index is 0.490. The highest BCUT2D eigenvalue weighted by Crippen LogP contribution is 2.17. The van der Waals surface area contributed by atoms with Crippen molar-refractivity contribution in [2.24, 2.45) is 0 Å². The topological polar surface area (TPSA) is 38.3 Å². The van der Waals surface area contributed by atoms with Gasteiger partial charge in [-0.05, 0) is 23.6 Å². The van der Waals surface area contributed by atoms with E-state index in [0.29, 0.717) is 11.6 Å². The van der Waals surface area contributed by atoms with Crippen molar-refractivity contribution in [2.75, 3.05) is 5.32 Å². The number of anilines is 1. The van der Waals surface area contributed by atoms with Crippen LogP contribution >= 0.6 is 0 Å². The third-order valence-corrected chi connectivity index (χ3v) is 1.95. The van der Waals surface area contributed by atoms with E-state index in [1.165, 1.54) is 5.56 Å². The van der Waals surface area contributed by atoms with Crippen LogP contribution in [0.3, 0.4) is 0 Å². The molecule has 1 rings (SSSR count). The van der Waals surface area contributed by atoms with Crippen molar-refractivity contribution in [1.82, 2.24) is 0 Å². The molecule has 1 aromatic carbocycles. The maximum atomic E-state index is 10.8. The quantitative estimate of drug-likeness (QED) is 0.781. The molecule has 0 unspecified atom stereocenters. The number of ether oxygens (including phenoxy) is 1. The second-order valence-electron chi connectivity index (χ2n) is 3.33. The van der Waals surface area contributed by atoms with Crippen LogP contribution in [0.15, 0.2) is 24.3 Å². The van der Waals surface area contributed by atoms with E-state index in [1.54, 1.807) is 0 Å². The molecule has 75 valence electrons. The molecule has 0 bridgehead atoms. The van der Waals surface area contributed by atoms with Gasteiger partial charge in [-0.25, -0.2) is 4.79 Å². The van der Waals surface area contributed by atoms with Gasteiger partial charge >= 0.3 is 6.09 Å². The van der Waals surface area contributed by atoms with Crippen LogP contribution in [0.1, 0.15) is 25.3 Å². The number of nitrogens with one attached hydrogen (secondary N) is 1. The normalized spacial score (nSPS) is 10.0. The summed E-state index contributed by atoms with van der Waals surface area (Å²) in [5.41, 5.74) is 1.95. The molecule has 0 aliphatic rings. The Morgan fingerprint density at radius 3 is 2.36 bits per heavy atom. The summed E-state index contributed by atoms with van der Waals surface area (Å²) in [7, 11) is 3.02. The molecule has 0 aliphatic heterocycles. The van der Waals surface area contributed by atoms with Gasteiger partial charge in [0.2, 0.25) is 0 Å². The molecule has 14 heavy (non-hydrogen) atoms. The molecular weight excluding hydrogens is 178 g/mol. The zero-order valence-corrected chi connectivity index (χ0v) is 8.41. The van der Waals surface area contributed by atoms with Crippen LogP contribution < -0.4 is 5.32 Å². The largest absolute Gasteiger partial charge is 0.446 e. The predicted molar refractivity (Wildman–Crippen MR) is 56.0 cm³/mol. The lowest BCUT2D eigenvalue weighted by Gasteiger charge is -2.07. The molecule has 0 heterocycles. The van der Waals surface area contributed by atoms with Crippen LogP contribution in [-0.4, -0.2) is 6.09 Å². The van der Waals surface area contributed by atoms with Crippen LogP contribution in [0.4, 0.5) is 10.5 Å². The zero-order chi connectivity index (χ0) is 10.6. The van der Waals surface area contributed by atoms with Gasteiger partial charge in [0.05, 0.1) is 0 Å². The highest BCUT2D eigenvalue weighted by molar-refractivity contribution is 5.84. The molecule has 1 N–H and O–H groups in total. The van der Waals surface area contributed by atoms with E-state index < -0.39 is 6.09 Å². The Morgan fingerprint density at radius 1 is 1.36 bits per heavy atom. The molecule has 0 fully saturated rings. The Labute approximate surface area is 84.1 Å². The molecule has 1 aromatic rings. The van der Waals surface area contributed by atoms with Gasteiger partial charge in [-0.1, -0.05) is 26.0 Å². The van der Waals surface area contributed by atoms with E-state index >= 15 is 0 Å². The monoisotopic (exact) mass is 192 g/mol. The number of hydrogen-bond donors (Lipinski definition) is 1. The second kappa shape index (κ2) is 4.65. The fourth-order valence-electron chi connectivity index (χ4n) is 1.11. The molecule has 0 saturated carbocycles. The minimum Gasteiger partial charge on any atom is -0.446 e. The first-order chi connectivity index (χ1) is 6.63. The molecule has 0 aromatic heterocycles. The SMILES string of the molecule is [CH2]OC(=O)Nc1ccc(C(C)C)cc1. The average Bonchev–Trinajstić information content (AvgIpc) is 2.18. The highest BCUT2D eigenvalue weighted by atomic mass is 16.5. The number of carbonyl (C=O) groups excluding carboxylic acids is 1. The van der Waals surface area contributed by atoms with Crippen molar-refractivity contribution in [3.63, 3.8) is 0 Å². The fourth-order valence-corrected chi connectivity index (χ4v) is 1.11. The van der Waals surface area contributed by atoms with Gasteiger partial charge in [0.25, 0.3) is 0 Å². The molecule has 1 radical (unpaired) electrons. The number of benzene rings is 1. The second-order valence-corrected chi connectivity index (χ2v) is 3.33. The van der Waals surface area contributed by atoms with Crippen molar-refractivity contribution < 1.29 is 9.53 Å². The van der Waals surface area contributed by atoms with E-state index in [0.717, 1.165) is 0 Å². The Balaban J connectivity index is 2.69. The van der Waals surface area contributed by atoms with Crippen LogP contribution in [0.5, 0.6) is 0 Å². The lowest BCUT2D eigenvalue weighted by molar-refractivity contribution is 0.199. The lowest BCUT2D eigenvalue weighted by Crippen LogP contribution is -2.09. The number of hydrogen-bond acceptors (Lipinski definition) is 2. The van der Waals surface area contributed by atoms with E-state index in [2.05, 4.69) is 31.0 Å². The zero-order valence-electron chi connectivity index (χ0n) is 8.41.